The van der Waals surface area contributed by atoms with Gasteiger partial charge in [0.2, 0.25) is 5.78 Å². The van der Waals surface area contributed by atoms with Gasteiger partial charge in [-0.15, -0.1) is 0 Å². The van der Waals surface area contributed by atoms with Gasteiger partial charge >= 0.3 is 12.7 Å². The molecule has 1 aliphatic rings. The van der Waals surface area contributed by atoms with Crippen LogP contribution in [0.2, 0.25) is 0 Å². The molecule has 3 rings (SSSR count). The van der Waals surface area contributed by atoms with Gasteiger partial charge in [0.25, 0.3) is 0 Å². The quantitative estimate of drug-likeness (QED) is 0.360. The first-order chi connectivity index (χ1) is 15.5. The Kier molecular flexibility index (Phi) is 7.06. The second-order valence-electron chi connectivity index (χ2n) is 8.92. The molecule has 1 N–H and O–H groups in total. The SMILES string of the molecule is C/C=C(\C#N)C(=O)c1cc2cc(OC(F)F)c(C3CCN(C(=O)OC(C)(C)C)CC3)cc2[nH]1. The number of ether oxygens (including phenoxy) is 2. The summed E-state index contributed by atoms with van der Waals surface area (Å²) in [6.07, 6.45) is 2.12. The van der Waals surface area contributed by atoms with E-state index < -0.39 is 24.1 Å². The number of aromatic amines is 1. The van der Waals surface area contributed by atoms with E-state index >= 15 is 0 Å². The average Bonchev–Trinajstić information content (AvgIpc) is 3.15. The maximum atomic E-state index is 13.1. The number of fused-ring (bicyclic) bond motifs is 1. The molecule has 1 amide bonds. The minimum absolute atomic E-state index is 0.0136. The number of ketones is 1. The molecule has 2 heterocycles. The van der Waals surface area contributed by atoms with Crippen LogP contribution < -0.4 is 4.74 Å². The standard InChI is InChI=1S/C24H27F2N3O4/c1-5-14(13-27)21(30)19-10-16-11-20(32-22(25)26)17(12-18(16)28-19)15-6-8-29(9-7-15)23(31)33-24(2,3)4/h5,10-12,15,22,28H,6-9H2,1-4H3/b14-5+. The zero-order chi connectivity index (χ0) is 24.3. The Bertz CT molecular complexity index is 1120. The van der Waals surface area contributed by atoms with Crippen LogP contribution in [-0.4, -0.2) is 47.1 Å². The lowest BCUT2D eigenvalue weighted by atomic mass is 9.88. The maximum Gasteiger partial charge on any atom is 0.410 e. The van der Waals surface area contributed by atoms with E-state index in [1.54, 1.807) is 38.7 Å². The molecular formula is C24H27F2N3O4. The van der Waals surface area contributed by atoms with Crippen molar-refractivity contribution in [3.05, 3.63) is 41.1 Å². The van der Waals surface area contributed by atoms with Gasteiger partial charge in [0, 0.05) is 24.0 Å². The van der Waals surface area contributed by atoms with Crippen LogP contribution in [0.3, 0.4) is 0 Å². The molecule has 0 bridgehead atoms. The maximum absolute atomic E-state index is 13.1. The number of H-pyrrole nitrogens is 1. The number of aromatic nitrogens is 1. The first kappa shape index (κ1) is 24.2. The number of rotatable bonds is 5. The lowest BCUT2D eigenvalue weighted by Gasteiger charge is -2.34. The van der Waals surface area contributed by atoms with E-state index in [2.05, 4.69) is 4.98 Å². The van der Waals surface area contributed by atoms with E-state index in [4.69, 9.17) is 14.7 Å². The Hall–Kier alpha value is -3.41. The van der Waals surface area contributed by atoms with Crippen molar-refractivity contribution in [1.29, 1.82) is 5.26 Å². The number of hydrogen-bond donors (Lipinski definition) is 1. The molecular weight excluding hydrogens is 432 g/mol. The highest BCUT2D eigenvalue weighted by Gasteiger charge is 2.30. The monoisotopic (exact) mass is 459 g/mol. The fourth-order valence-corrected chi connectivity index (χ4v) is 3.91. The molecule has 1 saturated heterocycles. The zero-order valence-corrected chi connectivity index (χ0v) is 19.1. The van der Waals surface area contributed by atoms with E-state index in [-0.39, 0.29) is 22.9 Å². The summed E-state index contributed by atoms with van der Waals surface area (Å²) in [4.78, 5) is 29.4. The molecule has 1 aliphatic heterocycles. The minimum atomic E-state index is -3.00. The number of allylic oxidation sites excluding steroid dienone is 2. The third kappa shape index (κ3) is 5.69. The highest BCUT2D eigenvalue weighted by Crippen LogP contribution is 2.38. The number of nitrogens with one attached hydrogen (secondary N) is 1. The molecule has 0 saturated carbocycles. The van der Waals surface area contributed by atoms with E-state index in [0.29, 0.717) is 42.4 Å². The Morgan fingerprint density at radius 1 is 1.24 bits per heavy atom. The lowest BCUT2D eigenvalue weighted by Crippen LogP contribution is -2.41. The van der Waals surface area contributed by atoms with Gasteiger partial charge < -0.3 is 19.4 Å². The first-order valence-corrected chi connectivity index (χ1v) is 10.7. The second-order valence-corrected chi connectivity index (χ2v) is 8.92. The minimum Gasteiger partial charge on any atom is -0.444 e. The molecule has 0 aliphatic carbocycles. The predicted molar refractivity (Wildman–Crippen MR) is 118 cm³/mol. The molecule has 0 radical (unpaired) electrons. The summed E-state index contributed by atoms with van der Waals surface area (Å²) in [6, 6.07) is 6.55. The number of likely N-dealkylation sites (tertiary alicyclic amines) is 1. The normalized spacial score (nSPS) is 15.6. The summed E-state index contributed by atoms with van der Waals surface area (Å²) in [5, 5.41) is 9.65. The molecule has 1 aromatic carbocycles. The largest absolute Gasteiger partial charge is 0.444 e. The van der Waals surface area contributed by atoms with Crippen molar-refractivity contribution in [3.63, 3.8) is 0 Å². The van der Waals surface area contributed by atoms with Crippen LogP contribution in [0, 0.1) is 11.3 Å². The highest BCUT2D eigenvalue weighted by atomic mass is 19.3. The number of nitrogens with zero attached hydrogens (tertiary/aromatic N) is 2. The Labute approximate surface area is 190 Å². The number of hydrogen-bond acceptors (Lipinski definition) is 5. The van der Waals surface area contributed by atoms with Gasteiger partial charge in [-0.1, -0.05) is 6.08 Å². The molecule has 176 valence electrons. The van der Waals surface area contributed by atoms with Crippen molar-refractivity contribution in [2.75, 3.05) is 13.1 Å². The summed E-state index contributed by atoms with van der Waals surface area (Å²) in [7, 11) is 0. The molecule has 2 aromatic rings. The van der Waals surface area contributed by atoms with Crippen LogP contribution in [0.15, 0.2) is 29.8 Å². The Morgan fingerprint density at radius 3 is 2.45 bits per heavy atom. The number of benzene rings is 1. The molecule has 9 heteroatoms. The number of alkyl halides is 2. The number of Topliss-reactive ketones (excluding diaryl/α,β-unsaturated/α-hetero) is 1. The van der Waals surface area contributed by atoms with Crippen molar-refractivity contribution in [2.24, 2.45) is 0 Å². The number of carbonyl (C=O) groups excluding carboxylic acids is 2. The predicted octanol–water partition coefficient (Wildman–Crippen LogP) is 5.54. The third-order valence-electron chi connectivity index (χ3n) is 5.45. The van der Waals surface area contributed by atoms with Crippen molar-refractivity contribution >= 4 is 22.8 Å². The molecule has 0 unspecified atom stereocenters. The summed E-state index contributed by atoms with van der Waals surface area (Å²) < 4.78 is 36.5. The summed E-state index contributed by atoms with van der Waals surface area (Å²) in [5.41, 5.74) is 0.745. The summed E-state index contributed by atoms with van der Waals surface area (Å²) in [5.74, 6) is -0.549. The number of carbonyl (C=O) groups is 2. The van der Waals surface area contributed by atoms with Crippen LogP contribution in [0.1, 0.15) is 62.5 Å². The van der Waals surface area contributed by atoms with E-state index in [1.165, 1.54) is 18.2 Å². The van der Waals surface area contributed by atoms with E-state index in [9.17, 15) is 18.4 Å². The zero-order valence-electron chi connectivity index (χ0n) is 19.1. The van der Waals surface area contributed by atoms with Gasteiger partial charge in [0.15, 0.2) is 0 Å². The topological polar surface area (TPSA) is 95.4 Å². The summed E-state index contributed by atoms with van der Waals surface area (Å²) >= 11 is 0. The van der Waals surface area contributed by atoms with Gasteiger partial charge in [-0.2, -0.15) is 14.0 Å². The Morgan fingerprint density at radius 2 is 1.91 bits per heavy atom. The molecule has 0 spiro atoms. The molecule has 1 fully saturated rings. The van der Waals surface area contributed by atoms with Crippen molar-refractivity contribution < 1.29 is 27.8 Å². The van der Waals surface area contributed by atoms with Gasteiger partial charge in [-0.05, 0) is 70.2 Å². The van der Waals surface area contributed by atoms with E-state index in [0.717, 1.165) is 0 Å². The van der Waals surface area contributed by atoms with Gasteiger partial charge in [0.1, 0.15) is 17.4 Å². The highest BCUT2D eigenvalue weighted by molar-refractivity contribution is 6.12. The average molecular weight is 459 g/mol. The molecule has 33 heavy (non-hydrogen) atoms. The number of halogens is 2. The van der Waals surface area contributed by atoms with Gasteiger partial charge in [0.05, 0.1) is 11.3 Å². The third-order valence-corrected chi connectivity index (χ3v) is 5.45. The second kappa shape index (κ2) is 9.61. The number of nitriles is 1. The van der Waals surface area contributed by atoms with Crippen LogP contribution in [-0.2, 0) is 4.74 Å². The van der Waals surface area contributed by atoms with Crippen LogP contribution in [0.5, 0.6) is 5.75 Å². The Balaban J connectivity index is 1.88. The molecule has 1 aromatic heterocycles. The number of amides is 1. The number of piperidine rings is 1. The van der Waals surface area contributed by atoms with E-state index in [1.807, 2.05) is 6.07 Å². The van der Waals surface area contributed by atoms with Crippen molar-refractivity contribution in [2.45, 2.75) is 58.7 Å². The summed E-state index contributed by atoms with van der Waals surface area (Å²) in [6.45, 7) is 4.83. The first-order valence-electron chi connectivity index (χ1n) is 10.7. The smallest absolute Gasteiger partial charge is 0.410 e. The fraction of sp³-hybridized carbons (Fsp3) is 0.458. The van der Waals surface area contributed by atoms with Crippen molar-refractivity contribution in [1.82, 2.24) is 9.88 Å². The molecule has 7 nitrogen and oxygen atoms in total. The van der Waals surface area contributed by atoms with Gasteiger partial charge in [-0.3, -0.25) is 4.79 Å². The van der Waals surface area contributed by atoms with Gasteiger partial charge in [-0.25, -0.2) is 4.79 Å². The molecule has 0 atom stereocenters. The van der Waals surface area contributed by atoms with Crippen LogP contribution in [0.25, 0.3) is 10.9 Å². The van der Waals surface area contributed by atoms with Crippen LogP contribution in [0.4, 0.5) is 13.6 Å². The van der Waals surface area contributed by atoms with Crippen molar-refractivity contribution in [3.8, 4) is 11.8 Å². The fourth-order valence-electron chi connectivity index (χ4n) is 3.91. The lowest BCUT2D eigenvalue weighted by molar-refractivity contribution is -0.0506. The van der Waals surface area contributed by atoms with Crippen LogP contribution >= 0.6 is 0 Å².